The lowest BCUT2D eigenvalue weighted by atomic mass is 10.2. The Balaban J connectivity index is 2.68. The minimum absolute atomic E-state index is 0.100. The maximum absolute atomic E-state index is 10.1. The van der Waals surface area contributed by atoms with Crippen LogP contribution in [0, 0.1) is 0 Å². The highest BCUT2D eigenvalue weighted by Gasteiger charge is 2.01. The smallest absolute Gasteiger partial charge is 0.404 e. The van der Waals surface area contributed by atoms with Crippen LogP contribution in [0.5, 0.6) is 11.5 Å². The monoisotopic (exact) mass is 183 g/mol. The average molecular weight is 183 g/mol. The van der Waals surface area contributed by atoms with Crippen LogP contribution in [0.25, 0.3) is 0 Å². The second-order valence-electron chi connectivity index (χ2n) is 2.48. The topological polar surface area (TPSA) is 89.8 Å². The molecule has 0 saturated heterocycles. The maximum atomic E-state index is 10.1. The molecule has 0 aliphatic heterocycles. The molecule has 0 heterocycles. The minimum atomic E-state index is -1.13. The van der Waals surface area contributed by atoms with Crippen LogP contribution in [-0.4, -0.2) is 21.4 Å². The van der Waals surface area contributed by atoms with Gasteiger partial charge in [0.15, 0.2) is 11.5 Å². The normalized spacial score (nSPS) is 9.54. The second kappa shape index (κ2) is 3.66. The first-order valence-electron chi connectivity index (χ1n) is 3.57. The molecule has 13 heavy (non-hydrogen) atoms. The van der Waals surface area contributed by atoms with Crippen LogP contribution in [-0.2, 0) is 6.54 Å². The van der Waals surface area contributed by atoms with Crippen molar-refractivity contribution < 1.29 is 20.1 Å². The fourth-order valence-electron chi connectivity index (χ4n) is 0.857. The number of phenolic OH excluding ortho intramolecular Hbond substituents is 2. The predicted molar refractivity (Wildman–Crippen MR) is 44.6 cm³/mol. The van der Waals surface area contributed by atoms with Gasteiger partial charge in [-0.15, -0.1) is 0 Å². The quantitative estimate of drug-likeness (QED) is 0.512. The van der Waals surface area contributed by atoms with E-state index < -0.39 is 6.09 Å². The van der Waals surface area contributed by atoms with Crippen LogP contribution >= 0.6 is 0 Å². The summed E-state index contributed by atoms with van der Waals surface area (Å²) in [5.74, 6) is -0.483. The van der Waals surface area contributed by atoms with Crippen molar-refractivity contribution in [3.8, 4) is 11.5 Å². The van der Waals surface area contributed by atoms with Gasteiger partial charge in [0.05, 0.1) is 0 Å². The fraction of sp³-hybridized carbons (Fsp3) is 0.125. The number of rotatable bonds is 2. The third-order valence-corrected chi connectivity index (χ3v) is 1.48. The molecule has 1 amide bonds. The lowest BCUT2D eigenvalue weighted by Crippen LogP contribution is -2.19. The van der Waals surface area contributed by atoms with E-state index >= 15 is 0 Å². The molecular formula is C8H9NO4. The van der Waals surface area contributed by atoms with Crippen LogP contribution in [0.4, 0.5) is 4.79 Å². The molecule has 0 aliphatic carbocycles. The van der Waals surface area contributed by atoms with E-state index in [-0.39, 0.29) is 18.0 Å². The van der Waals surface area contributed by atoms with Gasteiger partial charge in [-0.05, 0) is 17.7 Å². The Morgan fingerprint density at radius 1 is 1.31 bits per heavy atom. The van der Waals surface area contributed by atoms with Crippen molar-refractivity contribution in [1.82, 2.24) is 5.32 Å². The molecule has 0 bridgehead atoms. The summed E-state index contributed by atoms with van der Waals surface area (Å²) in [5, 5.41) is 28.4. The Morgan fingerprint density at radius 3 is 2.54 bits per heavy atom. The van der Waals surface area contributed by atoms with Gasteiger partial charge in [0, 0.05) is 6.54 Å². The number of amides is 1. The van der Waals surface area contributed by atoms with E-state index in [1.165, 1.54) is 18.2 Å². The number of aromatic hydroxyl groups is 2. The number of benzene rings is 1. The molecule has 5 heteroatoms. The lowest BCUT2D eigenvalue weighted by molar-refractivity contribution is 0.194. The third-order valence-electron chi connectivity index (χ3n) is 1.48. The van der Waals surface area contributed by atoms with E-state index in [0.717, 1.165) is 0 Å². The van der Waals surface area contributed by atoms with Crippen molar-refractivity contribution >= 4 is 6.09 Å². The number of hydrogen-bond donors (Lipinski definition) is 4. The first-order valence-corrected chi connectivity index (χ1v) is 3.57. The molecule has 0 fully saturated rings. The molecule has 1 aromatic carbocycles. The Morgan fingerprint density at radius 2 is 2.00 bits per heavy atom. The first kappa shape index (κ1) is 9.18. The summed E-state index contributed by atoms with van der Waals surface area (Å²) in [7, 11) is 0. The lowest BCUT2D eigenvalue weighted by Gasteiger charge is -2.02. The largest absolute Gasteiger partial charge is 0.504 e. The molecule has 0 aliphatic rings. The van der Waals surface area contributed by atoms with Gasteiger partial charge >= 0.3 is 6.09 Å². The van der Waals surface area contributed by atoms with Crippen LogP contribution in [0.1, 0.15) is 5.56 Å². The Bertz CT molecular complexity index is 324. The number of carbonyl (C=O) groups is 1. The summed E-state index contributed by atoms with van der Waals surface area (Å²) in [6.07, 6.45) is -1.13. The first-order chi connectivity index (χ1) is 6.09. The van der Waals surface area contributed by atoms with Crippen molar-refractivity contribution in [2.45, 2.75) is 6.54 Å². The van der Waals surface area contributed by atoms with E-state index in [1.807, 2.05) is 0 Å². The van der Waals surface area contributed by atoms with E-state index in [1.54, 1.807) is 0 Å². The van der Waals surface area contributed by atoms with Gasteiger partial charge in [-0.2, -0.15) is 0 Å². The van der Waals surface area contributed by atoms with E-state index in [4.69, 9.17) is 15.3 Å². The molecule has 0 atom stereocenters. The van der Waals surface area contributed by atoms with E-state index in [2.05, 4.69) is 5.32 Å². The van der Waals surface area contributed by atoms with Crippen LogP contribution in [0.15, 0.2) is 18.2 Å². The van der Waals surface area contributed by atoms with Crippen molar-refractivity contribution in [3.05, 3.63) is 23.8 Å². The van der Waals surface area contributed by atoms with Gasteiger partial charge < -0.3 is 20.6 Å². The zero-order valence-electron chi connectivity index (χ0n) is 6.69. The van der Waals surface area contributed by atoms with Gasteiger partial charge in [-0.25, -0.2) is 4.79 Å². The van der Waals surface area contributed by atoms with Gasteiger partial charge in [-0.3, -0.25) is 0 Å². The molecule has 4 N–H and O–H groups in total. The zero-order chi connectivity index (χ0) is 9.84. The summed E-state index contributed by atoms with van der Waals surface area (Å²) in [6.45, 7) is 0.100. The molecule has 5 nitrogen and oxygen atoms in total. The molecule has 1 aromatic rings. The standard InChI is InChI=1S/C8H9NO4/c10-6-2-1-5(3-7(6)11)4-9-8(12)13/h1-3,9-11H,4H2,(H,12,13). The van der Waals surface area contributed by atoms with E-state index in [0.29, 0.717) is 5.56 Å². The molecule has 70 valence electrons. The van der Waals surface area contributed by atoms with E-state index in [9.17, 15) is 4.79 Å². The van der Waals surface area contributed by atoms with Crippen molar-refractivity contribution in [1.29, 1.82) is 0 Å². The minimum Gasteiger partial charge on any atom is -0.504 e. The van der Waals surface area contributed by atoms with Crippen molar-refractivity contribution in [2.75, 3.05) is 0 Å². The van der Waals surface area contributed by atoms with Crippen LogP contribution in [0.3, 0.4) is 0 Å². The summed E-state index contributed by atoms with van der Waals surface area (Å²) in [5.41, 5.74) is 0.581. The molecule has 0 unspecified atom stereocenters. The number of phenols is 2. The maximum Gasteiger partial charge on any atom is 0.404 e. The Kier molecular flexibility index (Phi) is 2.59. The summed E-state index contributed by atoms with van der Waals surface area (Å²) < 4.78 is 0. The Hall–Kier alpha value is -1.91. The SMILES string of the molecule is O=C(O)NCc1ccc(O)c(O)c1. The fourth-order valence-corrected chi connectivity index (χ4v) is 0.857. The highest BCUT2D eigenvalue weighted by Crippen LogP contribution is 2.24. The number of nitrogens with one attached hydrogen (secondary N) is 1. The third kappa shape index (κ3) is 2.55. The summed E-state index contributed by atoms with van der Waals surface area (Å²) >= 11 is 0. The molecule has 0 spiro atoms. The number of hydrogen-bond acceptors (Lipinski definition) is 3. The van der Waals surface area contributed by atoms with Crippen LogP contribution < -0.4 is 5.32 Å². The van der Waals surface area contributed by atoms with Crippen molar-refractivity contribution in [3.63, 3.8) is 0 Å². The summed E-state index contributed by atoms with van der Waals surface area (Å²) in [6, 6.07) is 4.12. The van der Waals surface area contributed by atoms with Gasteiger partial charge in [-0.1, -0.05) is 6.07 Å². The Labute approximate surface area is 74.3 Å². The highest BCUT2D eigenvalue weighted by molar-refractivity contribution is 5.64. The van der Waals surface area contributed by atoms with Gasteiger partial charge in [0.1, 0.15) is 0 Å². The highest BCUT2D eigenvalue weighted by atomic mass is 16.4. The second-order valence-corrected chi connectivity index (χ2v) is 2.48. The molecule has 0 radical (unpaired) electrons. The zero-order valence-corrected chi connectivity index (χ0v) is 6.69. The van der Waals surface area contributed by atoms with Gasteiger partial charge in [0.2, 0.25) is 0 Å². The molecular weight excluding hydrogens is 174 g/mol. The van der Waals surface area contributed by atoms with Gasteiger partial charge in [0.25, 0.3) is 0 Å². The molecule has 0 aromatic heterocycles. The number of carboxylic acid groups (broad SMARTS) is 1. The average Bonchev–Trinajstić information content (AvgIpc) is 2.07. The summed E-state index contributed by atoms with van der Waals surface area (Å²) in [4.78, 5) is 10.1. The molecule has 1 rings (SSSR count). The predicted octanol–water partition coefficient (Wildman–Crippen LogP) is 0.865. The van der Waals surface area contributed by atoms with Crippen LogP contribution in [0.2, 0.25) is 0 Å². The van der Waals surface area contributed by atoms with Crippen molar-refractivity contribution in [2.24, 2.45) is 0 Å². The molecule has 0 saturated carbocycles.